The topological polar surface area (TPSA) is 66.0 Å². The fourth-order valence-corrected chi connectivity index (χ4v) is 1.66. The monoisotopic (exact) mass is 325 g/mol. The number of carbonyl (C=O) groups is 1. The van der Waals surface area contributed by atoms with Gasteiger partial charge in [-0.2, -0.15) is 5.48 Å². The lowest BCUT2D eigenvalue weighted by Gasteiger charge is -2.19. The van der Waals surface area contributed by atoms with Crippen LogP contribution in [-0.4, -0.2) is 37.6 Å². The first-order chi connectivity index (χ1) is 10.9. The van der Waals surface area contributed by atoms with Gasteiger partial charge < -0.3 is 14.2 Å². The lowest BCUT2D eigenvalue weighted by atomic mass is 10.2. The first-order valence-corrected chi connectivity index (χ1v) is 7.71. The molecule has 1 aromatic carbocycles. The molecule has 0 aliphatic carbocycles. The highest BCUT2D eigenvalue weighted by Gasteiger charge is 2.15. The van der Waals surface area contributed by atoms with Crippen molar-refractivity contribution in [2.75, 3.05) is 19.8 Å². The number of nitrogens with one attached hydrogen (secondary N) is 1. The summed E-state index contributed by atoms with van der Waals surface area (Å²) < 4.78 is 16.1. The predicted molar refractivity (Wildman–Crippen MR) is 86.8 cm³/mol. The first kappa shape index (κ1) is 19.4. The Morgan fingerprint density at radius 2 is 1.87 bits per heavy atom. The van der Waals surface area contributed by atoms with Gasteiger partial charge in [-0.15, -0.1) is 0 Å². The van der Waals surface area contributed by atoms with Gasteiger partial charge >= 0.3 is 6.09 Å². The molecule has 1 rings (SSSR count). The maximum Gasteiger partial charge on any atom is 0.431 e. The van der Waals surface area contributed by atoms with Crippen LogP contribution in [0.1, 0.15) is 33.3 Å². The highest BCUT2D eigenvalue weighted by molar-refractivity contribution is 5.66. The van der Waals surface area contributed by atoms with Gasteiger partial charge in [0.2, 0.25) is 0 Å². The molecule has 6 heteroatoms. The smallest absolute Gasteiger partial charge is 0.431 e. The quantitative estimate of drug-likeness (QED) is 0.558. The van der Waals surface area contributed by atoms with Gasteiger partial charge in [-0.1, -0.05) is 30.3 Å². The van der Waals surface area contributed by atoms with Crippen molar-refractivity contribution >= 4 is 6.09 Å². The van der Waals surface area contributed by atoms with Gasteiger partial charge in [-0.25, -0.2) is 4.79 Å². The predicted octanol–water partition coefficient (Wildman–Crippen LogP) is 3.06. The number of benzene rings is 1. The number of hydrogen-bond donors (Lipinski definition) is 1. The Morgan fingerprint density at radius 3 is 2.52 bits per heavy atom. The summed E-state index contributed by atoms with van der Waals surface area (Å²) in [6.45, 7) is 8.92. The normalized spacial score (nSPS) is 12.7. The van der Waals surface area contributed by atoms with E-state index in [1.165, 1.54) is 0 Å². The minimum Gasteiger partial charge on any atom is -0.442 e. The van der Waals surface area contributed by atoms with Gasteiger partial charge in [0.25, 0.3) is 0 Å². The summed E-state index contributed by atoms with van der Waals surface area (Å²) in [5.41, 5.74) is 2.79. The number of carbonyl (C=O) groups excluding carboxylic acids is 1. The van der Waals surface area contributed by atoms with Crippen LogP contribution in [0.25, 0.3) is 0 Å². The Balaban J connectivity index is 1.99. The molecule has 1 unspecified atom stereocenters. The molecule has 0 aromatic heterocycles. The second-order valence-corrected chi connectivity index (χ2v) is 6.13. The molecule has 6 nitrogen and oxygen atoms in total. The van der Waals surface area contributed by atoms with Crippen LogP contribution in [0.4, 0.5) is 4.79 Å². The van der Waals surface area contributed by atoms with Crippen molar-refractivity contribution in [3.63, 3.8) is 0 Å². The third-order valence-corrected chi connectivity index (χ3v) is 2.61. The van der Waals surface area contributed by atoms with E-state index >= 15 is 0 Å². The fraction of sp³-hybridized carbons (Fsp3) is 0.588. The highest BCUT2D eigenvalue weighted by atomic mass is 16.7. The fourth-order valence-electron chi connectivity index (χ4n) is 1.66. The second-order valence-electron chi connectivity index (χ2n) is 6.13. The minimum absolute atomic E-state index is 0.0520. The zero-order chi connectivity index (χ0) is 17.1. The summed E-state index contributed by atoms with van der Waals surface area (Å²) in [5.74, 6) is 0. The van der Waals surface area contributed by atoms with Gasteiger partial charge in [0.15, 0.2) is 0 Å². The molecule has 0 bridgehead atoms. The molecule has 0 radical (unpaired) electrons. The van der Waals surface area contributed by atoms with E-state index in [-0.39, 0.29) is 12.7 Å². The van der Waals surface area contributed by atoms with Gasteiger partial charge in [-0.3, -0.25) is 4.84 Å². The largest absolute Gasteiger partial charge is 0.442 e. The number of rotatable bonds is 9. The minimum atomic E-state index is -0.614. The number of ether oxygens (including phenoxy) is 3. The summed E-state index contributed by atoms with van der Waals surface area (Å²) in [6.07, 6.45) is -0.666. The van der Waals surface area contributed by atoms with E-state index in [1.807, 2.05) is 37.3 Å². The maximum absolute atomic E-state index is 11.3. The molecule has 0 fully saturated rings. The van der Waals surface area contributed by atoms with Crippen LogP contribution in [-0.2, 0) is 25.7 Å². The number of hydrogen-bond acceptors (Lipinski definition) is 5. The van der Waals surface area contributed by atoms with Crippen LogP contribution in [0, 0.1) is 0 Å². The van der Waals surface area contributed by atoms with Gasteiger partial charge in [0.1, 0.15) is 5.60 Å². The SMILES string of the molecule is CC(COCc1ccccc1)OCCONC(=O)OC(C)(C)C. The van der Waals surface area contributed by atoms with Crippen molar-refractivity contribution in [1.82, 2.24) is 5.48 Å². The third kappa shape index (κ3) is 10.7. The van der Waals surface area contributed by atoms with Crippen molar-refractivity contribution in [3.8, 4) is 0 Å². The van der Waals surface area contributed by atoms with Crippen molar-refractivity contribution in [2.24, 2.45) is 0 Å². The summed E-state index contributed by atoms with van der Waals surface area (Å²) in [7, 11) is 0. The number of hydroxylamine groups is 1. The summed E-state index contributed by atoms with van der Waals surface area (Å²) in [4.78, 5) is 16.3. The third-order valence-electron chi connectivity index (χ3n) is 2.61. The number of amides is 1. The summed E-state index contributed by atoms with van der Waals surface area (Å²) >= 11 is 0. The van der Waals surface area contributed by atoms with Crippen LogP contribution >= 0.6 is 0 Å². The van der Waals surface area contributed by atoms with E-state index in [9.17, 15) is 4.79 Å². The molecular weight excluding hydrogens is 298 g/mol. The van der Waals surface area contributed by atoms with Crippen molar-refractivity contribution in [1.29, 1.82) is 0 Å². The van der Waals surface area contributed by atoms with E-state index in [0.29, 0.717) is 19.8 Å². The summed E-state index contributed by atoms with van der Waals surface area (Å²) in [6, 6.07) is 9.96. The molecule has 0 heterocycles. The van der Waals surface area contributed by atoms with Crippen LogP contribution in [0.15, 0.2) is 30.3 Å². The molecule has 0 saturated heterocycles. The van der Waals surface area contributed by atoms with Crippen molar-refractivity contribution < 1.29 is 23.8 Å². The van der Waals surface area contributed by atoms with Gasteiger partial charge in [0, 0.05) is 0 Å². The molecule has 1 aromatic rings. The summed E-state index contributed by atoms with van der Waals surface area (Å²) in [5, 5.41) is 0. The molecule has 0 aliphatic rings. The molecule has 23 heavy (non-hydrogen) atoms. The molecule has 0 aliphatic heterocycles. The molecule has 1 amide bonds. The molecule has 0 spiro atoms. The molecule has 130 valence electrons. The standard InChI is InChI=1S/C17H27NO5/c1-14(12-20-13-15-8-6-5-7-9-15)21-10-11-22-18-16(19)23-17(2,3)4/h5-9,14H,10-13H2,1-4H3,(H,18,19). The van der Waals surface area contributed by atoms with Crippen molar-refractivity contribution in [3.05, 3.63) is 35.9 Å². The van der Waals surface area contributed by atoms with Crippen LogP contribution < -0.4 is 5.48 Å². The molecule has 0 saturated carbocycles. The average Bonchev–Trinajstić information content (AvgIpc) is 2.46. The molecular formula is C17H27NO5. The van der Waals surface area contributed by atoms with Crippen LogP contribution in [0.5, 0.6) is 0 Å². The van der Waals surface area contributed by atoms with Crippen LogP contribution in [0.2, 0.25) is 0 Å². The molecule has 1 atom stereocenters. The lowest BCUT2D eigenvalue weighted by Crippen LogP contribution is -2.33. The van der Waals surface area contributed by atoms with Gasteiger partial charge in [-0.05, 0) is 33.3 Å². The highest BCUT2D eigenvalue weighted by Crippen LogP contribution is 2.06. The van der Waals surface area contributed by atoms with E-state index in [0.717, 1.165) is 5.56 Å². The van der Waals surface area contributed by atoms with E-state index < -0.39 is 11.7 Å². The van der Waals surface area contributed by atoms with Gasteiger partial charge in [0.05, 0.1) is 32.5 Å². The molecule has 1 N–H and O–H groups in total. The van der Waals surface area contributed by atoms with E-state index in [1.54, 1.807) is 20.8 Å². The Bertz CT molecular complexity index is 444. The Hall–Kier alpha value is -1.63. The maximum atomic E-state index is 11.3. The average molecular weight is 325 g/mol. The lowest BCUT2D eigenvalue weighted by molar-refractivity contribution is -0.0555. The zero-order valence-corrected chi connectivity index (χ0v) is 14.3. The van der Waals surface area contributed by atoms with E-state index in [4.69, 9.17) is 19.0 Å². The second kappa shape index (κ2) is 10.2. The first-order valence-electron chi connectivity index (χ1n) is 7.71. The Labute approximate surface area is 138 Å². The Morgan fingerprint density at radius 1 is 1.17 bits per heavy atom. The van der Waals surface area contributed by atoms with Crippen LogP contribution in [0.3, 0.4) is 0 Å². The van der Waals surface area contributed by atoms with Crippen molar-refractivity contribution in [2.45, 2.75) is 46.0 Å². The zero-order valence-electron chi connectivity index (χ0n) is 14.3. The Kier molecular flexibility index (Phi) is 8.61. The van der Waals surface area contributed by atoms with E-state index in [2.05, 4.69) is 5.48 Å².